The first kappa shape index (κ1) is 18.1. The van der Waals surface area contributed by atoms with Crippen molar-refractivity contribution in [3.63, 3.8) is 0 Å². The summed E-state index contributed by atoms with van der Waals surface area (Å²) in [5.41, 5.74) is 1.54. The third kappa shape index (κ3) is 5.13. The Kier molecular flexibility index (Phi) is 6.33. The molecule has 23 heavy (non-hydrogen) atoms. The number of anilines is 1. The minimum absolute atomic E-state index is 0.0969. The molecule has 0 aliphatic heterocycles. The highest BCUT2D eigenvalue weighted by molar-refractivity contribution is 9.10. The average Bonchev–Trinajstić information content (AvgIpc) is 2.48. The van der Waals surface area contributed by atoms with Gasteiger partial charge in [0.15, 0.2) is 6.61 Å². The summed E-state index contributed by atoms with van der Waals surface area (Å²) in [6.07, 6.45) is 0. The number of amides is 1. The molecule has 0 aromatic heterocycles. The van der Waals surface area contributed by atoms with Gasteiger partial charge in [0.25, 0.3) is 5.91 Å². The lowest BCUT2D eigenvalue weighted by molar-refractivity contribution is -0.118. The van der Waals surface area contributed by atoms with Crippen molar-refractivity contribution < 1.29 is 9.53 Å². The van der Waals surface area contributed by atoms with Crippen LogP contribution >= 0.6 is 39.1 Å². The summed E-state index contributed by atoms with van der Waals surface area (Å²) >= 11 is 15.3. The van der Waals surface area contributed by atoms with Gasteiger partial charge in [-0.15, -0.1) is 0 Å². The molecule has 2 aromatic rings. The summed E-state index contributed by atoms with van der Waals surface area (Å²) in [4.78, 5) is 12.0. The zero-order valence-corrected chi connectivity index (χ0v) is 15.8. The number of rotatable bonds is 5. The highest BCUT2D eigenvalue weighted by Crippen LogP contribution is 2.30. The summed E-state index contributed by atoms with van der Waals surface area (Å²) < 4.78 is 6.63. The number of ether oxygens (including phenoxy) is 1. The molecule has 0 saturated heterocycles. The fourth-order valence-electron chi connectivity index (χ4n) is 2.02. The molecule has 0 unspecified atom stereocenters. The van der Waals surface area contributed by atoms with E-state index in [1.807, 2.05) is 18.2 Å². The molecule has 0 bridgehead atoms. The molecule has 0 saturated carbocycles. The van der Waals surface area contributed by atoms with Crippen LogP contribution in [0.5, 0.6) is 5.75 Å². The van der Waals surface area contributed by atoms with Crippen LogP contribution in [0.15, 0.2) is 40.9 Å². The Morgan fingerprint density at radius 3 is 2.61 bits per heavy atom. The quantitative estimate of drug-likeness (QED) is 0.659. The molecule has 0 aliphatic rings. The predicted octanol–water partition coefficient (Wildman–Crippen LogP) is 5.90. The number of carbonyl (C=O) groups excluding carboxylic acids is 1. The minimum atomic E-state index is -0.285. The van der Waals surface area contributed by atoms with Crippen LogP contribution in [0.3, 0.4) is 0 Å². The van der Waals surface area contributed by atoms with Gasteiger partial charge < -0.3 is 10.1 Å². The van der Waals surface area contributed by atoms with E-state index in [2.05, 4.69) is 35.1 Å². The first-order chi connectivity index (χ1) is 10.9. The van der Waals surface area contributed by atoms with Gasteiger partial charge in [-0.25, -0.2) is 0 Å². The molecule has 1 amide bonds. The van der Waals surface area contributed by atoms with Gasteiger partial charge in [-0.1, -0.05) is 53.0 Å². The van der Waals surface area contributed by atoms with Crippen LogP contribution in [0, 0.1) is 0 Å². The van der Waals surface area contributed by atoms with Gasteiger partial charge in [0.1, 0.15) is 5.75 Å². The van der Waals surface area contributed by atoms with Gasteiger partial charge in [0.05, 0.1) is 10.7 Å². The van der Waals surface area contributed by atoms with E-state index in [-0.39, 0.29) is 18.4 Å². The molecule has 6 heteroatoms. The average molecular weight is 417 g/mol. The first-order valence-corrected chi connectivity index (χ1v) is 8.59. The third-order valence-electron chi connectivity index (χ3n) is 3.16. The van der Waals surface area contributed by atoms with E-state index in [1.165, 1.54) is 0 Å². The van der Waals surface area contributed by atoms with Crippen LogP contribution in [0.2, 0.25) is 10.0 Å². The molecule has 0 aliphatic carbocycles. The zero-order chi connectivity index (χ0) is 17.0. The second kappa shape index (κ2) is 8.04. The standard InChI is InChI=1S/C17H16BrCl2NO2/c1-10(2)13-7-11(18)3-6-16(13)23-9-17(22)21-15-5-4-12(19)8-14(15)20/h3-8,10H,9H2,1-2H3,(H,21,22). The van der Waals surface area contributed by atoms with Crippen molar-refractivity contribution in [3.05, 3.63) is 56.5 Å². The number of hydrogen-bond acceptors (Lipinski definition) is 2. The number of carbonyl (C=O) groups is 1. The Bertz CT molecular complexity index is 720. The zero-order valence-electron chi connectivity index (χ0n) is 12.7. The molecule has 0 fully saturated rings. The Hall–Kier alpha value is -1.23. The molecular formula is C17H16BrCl2NO2. The second-order valence-electron chi connectivity index (χ2n) is 5.30. The monoisotopic (exact) mass is 415 g/mol. The lowest BCUT2D eigenvalue weighted by Gasteiger charge is -2.14. The molecule has 1 N–H and O–H groups in total. The summed E-state index contributed by atoms with van der Waals surface area (Å²) in [6.45, 7) is 4.05. The fourth-order valence-corrected chi connectivity index (χ4v) is 2.86. The van der Waals surface area contributed by atoms with E-state index in [0.29, 0.717) is 21.5 Å². The van der Waals surface area contributed by atoms with Gasteiger partial charge in [-0.3, -0.25) is 4.79 Å². The maximum absolute atomic E-state index is 12.0. The first-order valence-electron chi connectivity index (χ1n) is 7.04. The van der Waals surface area contributed by atoms with E-state index >= 15 is 0 Å². The minimum Gasteiger partial charge on any atom is -0.483 e. The van der Waals surface area contributed by atoms with Crippen LogP contribution in [0.25, 0.3) is 0 Å². The summed E-state index contributed by atoms with van der Waals surface area (Å²) in [7, 11) is 0. The lowest BCUT2D eigenvalue weighted by atomic mass is 10.0. The maximum atomic E-state index is 12.0. The maximum Gasteiger partial charge on any atom is 0.262 e. The molecule has 0 spiro atoms. The van der Waals surface area contributed by atoms with Crippen LogP contribution in [0.1, 0.15) is 25.3 Å². The molecule has 0 radical (unpaired) electrons. The summed E-state index contributed by atoms with van der Waals surface area (Å²) in [5, 5.41) is 3.60. The van der Waals surface area contributed by atoms with Crippen LogP contribution in [0.4, 0.5) is 5.69 Å². The number of hydrogen-bond donors (Lipinski definition) is 1. The molecule has 2 rings (SSSR count). The van der Waals surface area contributed by atoms with Crippen molar-refractivity contribution in [2.24, 2.45) is 0 Å². The van der Waals surface area contributed by atoms with E-state index in [1.54, 1.807) is 18.2 Å². The van der Waals surface area contributed by atoms with Crippen molar-refractivity contribution in [3.8, 4) is 5.75 Å². The molecule has 122 valence electrons. The molecule has 2 aromatic carbocycles. The van der Waals surface area contributed by atoms with Crippen LogP contribution < -0.4 is 10.1 Å². The number of halogens is 3. The van der Waals surface area contributed by atoms with Crippen molar-refractivity contribution in [2.45, 2.75) is 19.8 Å². The van der Waals surface area contributed by atoms with Crippen molar-refractivity contribution in [2.75, 3.05) is 11.9 Å². The van der Waals surface area contributed by atoms with Crippen molar-refractivity contribution in [1.82, 2.24) is 0 Å². The Morgan fingerprint density at radius 2 is 1.96 bits per heavy atom. The molecular weight excluding hydrogens is 401 g/mol. The highest BCUT2D eigenvalue weighted by Gasteiger charge is 2.11. The normalized spacial score (nSPS) is 10.7. The number of benzene rings is 2. The predicted molar refractivity (Wildman–Crippen MR) is 98.8 cm³/mol. The van der Waals surface area contributed by atoms with E-state index < -0.39 is 0 Å². The highest BCUT2D eigenvalue weighted by atomic mass is 79.9. The molecule has 3 nitrogen and oxygen atoms in total. The molecule has 0 heterocycles. The topological polar surface area (TPSA) is 38.3 Å². The summed E-state index contributed by atoms with van der Waals surface area (Å²) in [6, 6.07) is 10.6. The summed E-state index contributed by atoms with van der Waals surface area (Å²) in [5.74, 6) is 0.698. The Labute approximate surface area is 154 Å². The van der Waals surface area contributed by atoms with E-state index in [0.717, 1.165) is 10.0 Å². The van der Waals surface area contributed by atoms with Crippen LogP contribution in [-0.2, 0) is 4.79 Å². The van der Waals surface area contributed by atoms with Gasteiger partial charge in [0, 0.05) is 9.50 Å². The smallest absolute Gasteiger partial charge is 0.262 e. The van der Waals surface area contributed by atoms with E-state index in [4.69, 9.17) is 27.9 Å². The van der Waals surface area contributed by atoms with Gasteiger partial charge in [-0.05, 0) is 47.9 Å². The largest absolute Gasteiger partial charge is 0.483 e. The lowest BCUT2D eigenvalue weighted by Crippen LogP contribution is -2.20. The SMILES string of the molecule is CC(C)c1cc(Br)ccc1OCC(=O)Nc1ccc(Cl)cc1Cl. The van der Waals surface area contributed by atoms with Crippen molar-refractivity contribution >= 4 is 50.7 Å². The van der Waals surface area contributed by atoms with E-state index in [9.17, 15) is 4.79 Å². The van der Waals surface area contributed by atoms with Gasteiger partial charge in [0.2, 0.25) is 0 Å². The Balaban J connectivity index is 2.02. The Morgan fingerprint density at radius 1 is 1.22 bits per heavy atom. The second-order valence-corrected chi connectivity index (χ2v) is 7.06. The third-order valence-corrected chi connectivity index (χ3v) is 4.20. The van der Waals surface area contributed by atoms with Crippen molar-refractivity contribution in [1.29, 1.82) is 0 Å². The van der Waals surface area contributed by atoms with Gasteiger partial charge in [-0.2, -0.15) is 0 Å². The van der Waals surface area contributed by atoms with Gasteiger partial charge >= 0.3 is 0 Å². The van der Waals surface area contributed by atoms with Crippen LogP contribution in [-0.4, -0.2) is 12.5 Å². The number of nitrogens with one attached hydrogen (secondary N) is 1. The fraction of sp³-hybridized carbons (Fsp3) is 0.235. The molecule has 0 atom stereocenters.